The molecular weight excluding hydrogens is 236 g/mol. The van der Waals surface area contributed by atoms with Gasteiger partial charge in [0.15, 0.2) is 0 Å². The molecule has 19 heavy (non-hydrogen) atoms. The van der Waals surface area contributed by atoms with E-state index in [2.05, 4.69) is 51.7 Å². The van der Waals surface area contributed by atoms with Gasteiger partial charge in [-0.15, -0.1) is 0 Å². The lowest BCUT2D eigenvalue weighted by Gasteiger charge is -2.30. The molecule has 0 aliphatic heterocycles. The Kier molecular flexibility index (Phi) is 6.32. The van der Waals surface area contributed by atoms with E-state index in [0.717, 1.165) is 17.9 Å². The molecule has 0 aliphatic rings. The summed E-state index contributed by atoms with van der Waals surface area (Å²) in [4.78, 5) is 2.43. The molecule has 1 aromatic rings. The van der Waals surface area contributed by atoms with Gasteiger partial charge in [0.1, 0.15) is 12.4 Å². The van der Waals surface area contributed by atoms with Crippen molar-refractivity contribution >= 4 is 0 Å². The maximum Gasteiger partial charge on any atom is 0.124 e. The van der Waals surface area contributed by atoms with Gasteiger partial charge >= 0.3 is 0 Å². The zero-order chi connectivity index (χ0) is 14.4. The van der Waals surface area contributed by atoms with Crippen LogP contribution >= 0.6 is 0 Å². The molecule has 2 N–H and O–H groups in total. The monoisotopic (exact) mass is 264 g/mol. The minimum atomic E-state index is 0.522. The number of hydrogen-bond donors (Lipinski definition) is 1. The van der Waals surface area contributed by atoms with Gasteiger partial charge in [-0.1, -0.05) is 12.1 Å². The first kappa shape index (κ1) is 16.0. The summed E-state index contributed by atoms with van der Waals surface area (Å²) in [6, 6.07) is 7.26. The molecule has 0 spiro atoms. The van der Waals surface area contributed by atoms with Crippen molar-refractivity contribution in [3.8, 4) is 5.75 Å². The van der Waals surface area contributed by atoms with Gasteiger partial charge in [-0.2, -0.15) is 0 Å². The van der Waals surface area contributed by atoms with Crippen molar-refractivity contribution in [1.29, 1.82) is 0 Å². The number of nitrogens with zero attached hydrogens (tertiary/aromatic N) is 1. The lowest BCUT2D eigenvalue weighted by Crippen LogP contribution is -2.39. The molecule has 3 heteroatoms. The molecule has 0 unspecified atom stereocenters. The van der Waals surface area contributed by atoms with Crippen molar-refractivity contribution in [3.63, 3.8) is 0 Å². The standard InChI is InChI=1S/C16H28N2O/c1-12(2)18(13(3)4)8-9-19-16-10-14(5)6-7-15(16)11-17/h6-7,10,12-13H,8-9,11,17H2,1-5H3. The molecule has 3 nitrogen and oxygen atoms in total. The summed E-state index contributed by atoms with van der Waals surface area (Å²) in [5, 5.41) is 0. The van der Waals surface area contributed by atoms with Gasteiger partial charge in [0, 0.05) is 30.7 Å². The van der Waals surface area contributed by atoms with E-state index in [4.69, 9.17) is 10.5 Å². The second-order valence-electron chi connectivity index (χ2n) is 5.59. The SMILES string of the molecule is Cc1ccc(CN)c(OCCN(C(C)C)C(C)C)c1. The zero-order valence-electron chi connectivity index (χ0n) is 12.9. The molecule has 0 aliphatic carbocycles. The first-order chi connectivity index (χ1) is 8.95. The smallest absolute Gasteiger partial charge is 0.124 e. The summed E-state index contributed by atoms with van der Waals surface area (Å²) in [7, 11) is 0. The van der Waals surface area contributed by atoms with E-state index >= 15 is 0 Å². The van der Waals surface area contributed by atoms with E-state index in [-0.39, 0.29) is 0 Å². The molecule has 0 radical (unpaired) electrons. The maximum absolute atomic E-state index is 5.92. The van der Waals surface area contributed by atoms with Crippen molar-refractivity contribution in [3.05, 3.63) is 29.3 Å². The Labute approximate surface area is 117 Å². The molecule has 1 aromatic carbocycles. The third kappa shape index (κ3) is 4.84. The highest BCUT2D eigenvalue weighted by Gasteiger charge is 2.13. The van der Waals surface area contributed by atoms with Crippen LogP contribution in [0.1, 0.15) is 38.8 Å². The number of benzene rings is 1. The average Bonchev–Trinajstić information content (AvgIpc) is 2.33. The number of aryl methyl sites for hydroxylation is 1. The van der Waals surface area contributed by atoms with Crippen molar-refractivity contribution in [1.82, 2.24) is 4.90 Å². The number of hydrogen-bond acceptors (Lipinski definition) is 3. The highest BCUT2D eigenvalue weighted by Crippen LogP contribution is 2.20. The van der Waals surface area contributed by atoms with Crippen LogP contribution in [-0.4, -0.2) is 30.1 Å². The van der Waals surface area contributed by atoms with Gasteiger partial charge < -0.3 is 10.5 Å². The number of rotatable bonds is 7. The van der Waals surface area contributed by atoms with Crippen molar-refractivity contribution in [2.45, 2.75) is 53.2 Å². The Morgan fingerprint density at radius 1 is 1.16 bits per heavy atom. The molecule has 0 bridgehead atoms. The van der Waals surface area contributed by atoms with Crippen LogP contribution in [0.5, 0.6) is 5.75 Å². The Hall–Kier alpha value is -1.06. The Balaban J connectivity index is 2.59. The van der Waals surface area contributed by atoms with Crippen LogP contribution in [0.2, 0.25) is 0 Å². The normalized spacial score (nSPS) is 11.6. The van der Waals surface area contributed by atoms with E-state index < -0.39 is 0 Å². The molecule has 0 fully saturated rings. The van der Waals surface area contributed by atoms with Crippen LogP contribution in [0.25, 0.3) is 0 Å². The predicted molar refractivity (Wildman–Crippen MR) is 81.5 cm³/mol. The van der Waals surface area contributed by atoms with E-state index in [1.807, 2.05) is 6.07 Å². The van der Waals surface area contributed by atoms with Crippen LogP contribution < -0.4 is 10.5 Å². The van der Waals surface area contributed by atoms with Gasteiger partial charge in [0.05, 0.1) is 0 Å². The molecular formula is C16H28N2O. The number of ether oxygens (including phenoxy) is 1. The third-order valence-corrected chi connectivity index (χ3v) is 3.38. The Morgan fingerprint density at radius 2 is 1.79 bits per heavy atom. The molecule has 0 saturated carbocycles. The molecule has 0 atom stereocenters. The van der Waals surface area contributed by atoms with Gasteiger partial charge in [-0.05, 0) is 46.2 Å². The van der Waals surface area contributed by atoms with E-state index in [1.165, 1.54) is 5.56 Å². The van der Waals surface area contributed by atoms with Gasteiger partial charge in [0.2, 0.25) is 0 Å². The summed E-state index contributed by atoms with van der Waals surface area (Å²) in [6.45, 7) is 13.1. The fourth-order valence-electron chi connectivity index (χ4n) is 2.34. The van der Waals surface area contributed by atoms with Crippen LogP contribution in [0.15, 0.2) is 18.2 Å². The number of nitrogens with two attached hydrogens (primary N) is 1. The van der Waals surface area contributed by atoms with Crippen molar-refractivity contribution < 1.29 is 4.74 Å². The van der Waals surface area contributed by atoms with Gasteiger partial charge in [-0.25, -0.2) is 0 Å². The summed E-state index contributed by atoms with van der Waals surface area (Å²) in [5.41, 5.74) is 8.02. The largest absolute Gasteiger partial charge is 0.492 e. The molecule has 0 aromatic heterocycles. The molecule has 1 rings (SSSR count). The highest BCUT2D eigenvalue weighted by molar-refractivity contribution is 5.36. The third-order valence-electron chi connectivity index (χ3n) is 3.38. The van der Waals surface area contributed by atoms with Crippen molar-refractivity contribution in [2.75, 3.05) is 13.2 Å². The molecule has 0 amide bonds. The Morgan fingerprint density at radius 3 is 2.32 bits per heavy atom. The lowest BCUT2D eigenvalue weighted by atomic mass is 10.1. The summed E-state index contributed by atoms with van der Waals surface area (Å²) >= 11 is 0. The maximum atomic E-state index is 5.92. The summed E-state index contributed by atoms with van der Waals surface area (Å²) in [5.74, 6) is 0.926. The quantitative estimate of drug-likeness (QED) is 0.823. The summed E-state index contributed by atoms with van der Waals surface area (Å²) < 4.78 is 5.92. The molecule has 0 heterocycles. The first-order valence-electron chi connectivity index (χ1n) is 7.13. The second-order valence-corrected chi connectivity index (χ2v) is 5.59. The van der Waals surface area contributed by atoms with Gasteiger partial charge in [-0.3, -0.25) is 4.90 Å². The molecule has 0 saturated heterocycles. The second kappa shape index (κ2) is 7.51. The summed E-state index contributed by atoms with van der Waals surface area (Å²) in [6.07, 6.45) is 0. The minimum Gasteiger partial charge on any atom is -0.492 e. The van der Waals surface area contributed by atoms with E-state index in [1.54, 1.807) is 0 Å². The zero-order valence-corrected chi connectivity index (χ0v) is 12.9. The molecule has 108 valence electrons. The average molecular weight is 264 g/mol. The van der Waals surface area contributed by atoms with Crippen LogP contribution in [0.3, 0.4) is 0 Å². The Bertz CT molecular complexity index is 380. The first-order valence-corrected chi connectivity index (χ1v) is 7.13. The van der Waals surface area contributed by atoms with E-state index in [0.29, 0.717) is 25.2 Å². The topological polar surface area (TPSA) is 38.5 Å². The van der Waals surface area contributed by atoms with Crippen molar-refractivity contribution in [2.24, 2.45) is 5.73 Å². The predicted octanol–water partition coefficient (Wildman–Crippen LogP) is 2.95. The van der Waals surface area contributed by atoms with Crippen LogP contribution in [0, 0.1) is 6.92 Å². The highest BCUT2D eigenvalue weighted by atomic mass is 16.5. The minimum absolute atomic E-state index is 0.522. The fourth-order valence-corrected chi connectivity index (χ4v) is 2.34. The van der Waals surface area contributed by atoms with Crippen LogP contribution in [-0.2, 0) is 6.54 Å². The van der Waals surface area contributed by atoms with Gasteiger partial charge in [0.25, 0.3) is 0 Å². The van der Waals surface area contributed by atoms with Crippen LogP contribution in [0.4, 0.5) is 0 Å². The fraction of sp³-hybridized carbons (Fsp3) is 0.625. The van der Waals surface area contributed by atoms with E-state index in [9.17, 15) is 0 Å². The lowest BCUT2D eigenvalue weighted by molar-refractivity contribution is 0.141.